The second kappa shape index (κ2) is 12.4. The van der Waals surface area contributed by atoms with Gasteiger partial charge in [-0.25, -0.2) is 4.79 Å². The van der Waals surface area contributed by atoms with Crippen LogP contribution in [0, 0.1) is 18.3 Å². The number of carbonyl (C=O) groups excluding carboxylic acids is 2. The number of likely N-dealkylation sites (N-methyl/N-ethyl adjacent to an activating group) is 1. The molecule has 3 fully saturated rings. The number of ether oxygens (including phenoxy) is 2. The first-order valence-electron chi connectivity index (χ1n) is 20.5. The van der Waals surface area contributed by atoms with Crippen LogP contribution in [0.15, 0.2) is 48.6 Å². The molecule has 55 heavy (non-hydrogen) atoms. The second-order valence-corrected chi connectivity index (χ2v) is 18.3. The summed E-state index contributed by atoms with van der Waals surface area (Å²) in [6, 6.07) is 12.5. The Bertz CT molecular complexity index is 2110. The Labute approximate surface area is 324 Å². The van der Waals surface area contributed by atoms with Crippen LogP contribution in [0.1, 0.15) is 87.7 Å². The molecule has 10 atom stereocenters. The number of nitrogens with zero attached hydrogens (tertiary/aromatic N) is 3. The Hall–Kier alpha value is -3.70. The molecule has 0 amide bonds. The third-order valence-electron chi connectivity index (χ3n) is 15.5. The number of methoxy groups -OCH3 is 1. The van der Waals surface area contributed by atoms with E-state index in [1.165, 1.54) is 36.2 Å². The highest BCUT2D eigenvalue weighted by Crippen LogP contribution is 2.68. The van der Waals surface area contributed by atoms with Crippen molar-refractivity contribution >= 4 is 28.5 Å². The number of H-pyrrole nitrogens is 1. The van der Waals surface area contributed by atoms with Crippen molar-refractivity contribution in [2.24, 2.45) is 11.3 Å². The first-order valence-corrected chi connectivity index (χ1v) is 20.5. The zero-order chi connectivity index (χ0) is 38.9. The monoisotopic (exact) mass is 750 g/mol. The molecule has 2 bridgehead atoms. The summed E-state index contributed by atoms with van der Waals surface area (Å²) in [5.41, 5.74) is 3.36. The lowest BCUT2D eigenvalue weighted by Crippen LogP contribution is -2.81. The number of piperidine rings is 1. The highest BCUT2D eigenvalue weighted by Gasteiger charge is 2.80. The predicted octanol–water partition coefficient (Wildman–Crippen LogP) is 5.14. The molecular formula is C45H58N4O6. The quantitative estimate of drug-likeness (QED) is 0.241. The number of benzene rings is 2. The van der Waals surface area contributed by atoms with Gasteiger partial charge in [-0.3, -0.25) is 14.6 Å². The van der Waals surface area contributed by atoms with Crippen molar-refractivity contribution < 1.29 is 29.3 Å². The summed E-state index contributed by atoms with van der Waals surface area (Å²) in [6.45, 7) is 14.2. The molecule has 6 heterocycles. The van der Waals surface area contributed by atoms with Gasteiger partial charge in [0.15, 0.2) is 6.10 Å². The molecule has 3 aromatic rings. The normalized spacial score (nSPS) is 39.0. The first-order chi connectivity index (χ1) is 26.2. The summed E-state index contributed by atoms with van der Waals surface area (Å²) in [7, 11) is 3.29. The standard InChI is InChI=1S/C45H58N4O6/c1-8-42(52)24-29-23-41(5,36-31(15-19-48(25-29)26-42)30-13-10-11-14-34(30)46-36)32-22-33-35(21-27(32)3)47(6)38-44(33)17-20-49-18-12-16-43(9-2,37(44)49)39(55-28(4)50)45(38,53)40(51)54-7/h10-14,16,21-22,29,37-39,46,52-53H,8-9,15,17-20,23-26H2,1-7H3/t29-,37-,38+,39+,41+,42?,43+,44+,45-/m0/s1. The van der Waals surface area contributed by atoms with Gasteiger partial charge < -0.3 is 29.6 Å². The van der Waals surface area contributed by atoms with E-state index in [1.54, 1.807) is 0 Å². The zero-order valence-electron chi connectivity index (χ0n) is 33.6. The van der Waals surface area contributed by atoms with E-state index < -0.39 is 51.5 Å². The van der Waals surface area contributed by atoms with Crippen molar-refractivity contribution in [2.45, 2.75) is 113 Å². The van der Waals surface area contributed by atoms with Gasteiger partial charge in [0.25, 0.3) is 0 Å². The summed E-state index contributed by atoms with van der Waals surface area (Å²) in [5, 5.41) is 26.4. The van der Waals surface area contributed by atoms with Crippen LogP contribution >= 0.6 is 0 Å². The average Bonchev–Trinajstić information content (AvgIpc) is 3.82. The van der Waals surface area contributed by atoms with Crippen molar-refractivity contribution in [1.82, 2.24) is 14.8 Å². The van der Waals surface area contributed by atoms with E-state index in [2.05, 4.69) is 95.9 Å². The molecule has 10 nitrogen and oxygen atoms in total. The number of nitrogens with one attached hydrogen (secondary N) is 1. The SMILES string of the molecule is CCC1(O)C[C@H]2CN(CCc3c([nH]c4ccccc34)[C@@](C)(c3cc4c(cc3C)N(C)[C@H]3[C@@](O)(C(=O)OC)[C@H](OC(C)=O)[C@]5(CC)C=CCN6CC[C@]43[C@@H]65)C2)C1. The number of para-hydroxylation sites is 1. The Kier molecular flexibility index (Phi) is 8.32. The Morgan fingerprint density at radius 2 is 1.82 bits per heavy atom. The fourth-order valence-electron chi connectivity index (χ4n) is 13.5. The Morgan fingerprint density at radius 1 is 1.04 bits per heavy atom. The molecule has 2 unspecified atom stereocenters. The van der Waals surface area contributed by atoms with E-state index in [9.17, 15) is 19.8 Å². The second-order valence-electron chi connectivity index (χ2n) is 18.3. The van der Waals surface area contributed by atoms with Gasteiger partial charge in [0.1, 0.15) is 0 Å². The number of aromatic amines is 1. The van der Waals surface area contributed by atoms with Gasteiger partial charge >= 0.3 is 11.9 Å². The summed E-state index contributed by atoms with van der Waals surface area (Å²) in [5.74, 6) is -1.05. The lowest BCUT2D eigenvalue weighted by molar-refractivity contribution is -0.228. The maximum absolute atomic E-state index is 14.3. The van der Waals surface area contributed by atoms with Crippen LogP contribution in [-0.4, -0.2) is 113 Å². The molecule has 10 heteroatoms. The Balaban J connectivity index is 1.30. The summed E-state index contributed by atoms with van der Waals surface area (Å²) < 4.78 is 11.7. The molecule has 6 aliphatic rings. The maximum Gasteiger partial charge on any atom is 0.344 e. The smallest absolute Gasteiger partial charge is 0.344 e. The molecule has 2 saturated heterocycles. The summed E-state index contributed by atoms with van der Waals surface area (Å²) in [6.07, 6.45) is 7.61. The summed E-state index contributed by atoms with van der Waals surface area (Å²) >= 11 is 0. The number of anilines is 1. The molecular weight excluding hydrogens is 693 g/mol. The zero-order valence-corrected chi connectivity index (χ0v) is 33.6. The number of aryl methyl sites for hydroxylation is 1. The fourth-order valence-corrected chi connectivity index (χ4v) is 13.5. The third-order valence-corrected chi connectivity index (χ3v) is 15.5. The van der Waals surface area contributed by atoms with E-state index in [0.29, 0.717) is 13.0 Å². The average molecular weight is 751 g/mol. The lowest BCUT2D eigenvalue weighted by atomic mass is 9.47. The molecule has 294 valence electrons. The number of aromatic nitrogens is 1. The van der Waals surface area contributed by atoms with Crippen molar-refractivity contribution in [3.63, 3.8) is 0 Å². The molecule has 1 aromatic heterocycles. The van der Waals surface area contributed by atoms with Crippen LogP contribution in [0.4, 0.5) is 5.69 Å². The van der Waals surface area contributed by atoms with Crippen LogP contribution in [-0.2, 0) is 36.3 Å². The van der Waals surface area contributed by atoms with E-state index in [-0.39, 0.29) is 12.0 Å². The van der Waals surface area contributed by atoms with Gasteiger partial charge in [0.2, 0.25) is 5.60 Å². The maximum atomic E-state index is 14.3. The lowest BCUT2D eigenvalue weighted by Gasteiger charge is -2.63. The molecule has 1 saturated carbocycles. The number of carbonyl (C=O) groups is 2. The van der Waals surface area contributed by atoms with Crippen LogP contribution in [0.2, 0.25) is 0 Å². The van der Waals surface area contributed by atoms with Crippen LogP contribution in [0.3, 0.4) is 0 Å². The highest BCUT2D eigenvalue weighted by molar-refractivity contribution is 5.88. The number of fused-ring (bicyclic) bond motifs is 6. The van der Waals surface area contributed by atoms with Crippen molar-refractivity contribution in [3.8, 4) is 0 Å². The number of hydrogen-bond acceptors (Lipinski definition) is 9. The summed E-state index contributed by atoms with van der Waals surface area (Å²) in [4.78, 5) is 38.3. The largest absolute Gasteiger partial charge is 0.467 e. The fraction of sp³-hybridized carbons (Fsp3) is 0.600. The van der Waals surface area contributed by atoms with Crippen molar-refractivity contribution in [2.75, 3.05) is 51.8 Å². The van der Waals surface area contributed by atoms with Crippen LogP contribution < -0.4 is 4.90 Å². The van der Waals surface area contributed by atoms with Crippen LogP contribution in [0.25, 0.3) is 10.9 Å². The van der Waals surface area contributed by atoms with Gasteiger partial charge in [-0.1, -0.05) is 50.3 Å². The number of rotatable bonds is 5. The van der Waals surface area contributed by atoms with Crippen molar-refractivity contribution in [3.05, 3.63) is 76.5 Å². The number of aliphatic hydroxyl groups is 2. The Morgan fingerprint density at radius 3 is 2.55 bits per heavy atom. The topological polar surface area (TPSA) is 119 Å². The van der Waals surface area contributed by atoms with Gasteiger partial charge in [0.05, 0.1) is 18.8 Å². The molecule has 3 N–H and O–H groups in total. The molecule has 9 rings (SSSR count). The van der Waals surface area contributed by atoms with Crippen LogP contribution in [0.5, 0.6) is 0 Å². The number of hydrogen-bond donors (Lipinski definition) is 3. The minimum absolute atomic E-state index is 0.142. The third kappa shape index (κ3) is 4.80. The molecule has 1 aliphatic carbocycles. The van der Waals surface area contributed by atoms with E-state index in [1.807, 2.05) is 7.05 Å². The van der Waals surface area contributed by atoms with Gasteiger partial charge in [0, 0.05) is 84.7 Å². The molecule has 0 radical (unpaired) electrons. The van der Waals surface area contributed by atoms with Crippen molar-refractivity contribution in [1.29, 1.82) is 0 Å². The minimum atomic E-state index is -2.16. The predicted molar refractivity (Wildman–Crippen MR) is 212 cm³/mol. The minimum Gasteiger partial charge on any atom is -0.467 e. The van der Waals surface area contributed by atoms with E-state index >= 15 is 0 Å². The number of esters is 2. The van der Waals surface area contributed by atoms with Gasteiger partial charge in [-0.15, -0.1) is 0 Å². The van der Waals surface area contributed by atoms with Gasteiger partial charge in [-0.05, 0) is 99.2 Å². The van der Waals surface area contributed by atoms with E-state index in [4.69, 9.17) is 9.47 Å². The molecule has 5 aliphatic heterocycles. The van der Waals surface area contributed by atoms with Gasteiger partial charge in [-0.2, -0.15) is 0 Å². The first kappa shape index (κ1) is 36.9. The van der Waals surface area contributed by atoms with E-state index in [0.717, 1.165) is 80.6 Å². The molecule has 1 spiro atoms. The molecule has 2 aromatic carbocycles. The highest BCUT2D eigenvalue weighted by atomic mass is 16.6.